The number of nitrogens with two attached hydrogens (primary N) is 1. The van der Waals surface area contributed by atoms with Crippen molar-refractivity contribution in [3.05, 3.63) is 23.8 Å². The van der Waals surface area contributed by atoms with Crippen LogP contribution in [0.5, 0.6) is 0 Å². The molecule has 0 spiro atoms. The second-order valence-electron chi connectivity index (χ2n) is 5.02. The van der Waals surface area contributed by atoms with E-state index < -0.39 is 0 Å². The molecule has 1 atom stereocenters. The van der Waals surface area contributed by atoms with Crippen LogP contribution in [0.4, 0.5) is 5.69 Å². The van der Waals surface area contributed by atoms with Crippen molar-refractivity contribution in [2.24, 2.45) is 5.73 Å². The number of benzene rings is 1. The first kappa shape index (κ1) is 17.3. The Morgan fingerprint density at radius 2 is 2.05 bits per heavy atom. The summed E-state index contributed by atoms with van der Waals surface area (Å²) in [6.07, 6.45) is 8.11. The molecule has 1 unspecified atom stereocenters. The van der Waals surface area contributed by atoms with Crippen molar-refractivity contribution in [3.8, 4) is 0 Å². The SMILES string of the molecule is CCCCC(CCC)Nc1cccc(SC)c1C(N)=S. The van der Waals surface area contributed by atoms with Gasteiger partial charge in [0, 0.05) is 22.2 Å². The normalized spacial score (nSPS) is 12.2. The minimum atomic E-state index is 0.475. The van der Waals surface area contributed by atoms with E-state index in [1.807, 2.05) is 0 Å². The van der Waals surface area contributed by atoms with Gasteiger partial charge in [0.1, 0.15) is 4.99 Å². The lowest BCUT2D eigenvalue weighted by atomic mass is 10.0. The van der Waals surface area contributed by atoms with E-state index in [4.69, 9.17) is 18.0 Å². The van der Waals surface area contributed by atoms with Gasteiger partial charge < -0.3 is 11.1 Å². The van der Waals surface area contributed by atoms with Gasteiger partial charge in [0.15, 0.2) is 0 Å². The van der Waals surface area contributed by atoms with Crippen molar-refractivity contribution in [1.29, 1.82) is 0 Å². The fourth-order valence-electron chi connectivity index (χ4n) is 2.38. The molecular formula is C16H26N2S2. The first-order valence-electron chi connectivity index (χ1n) is 7.37. The van der Waals surface area contributed by atoms with Gasteiger partial charge in [-0.05, 0) is 31.2 Å². The molecule has 0 heterocycles. The number of unbranched alkanes of at least 4 members (excludes halogenated alkanes) is 1. The Morgan fingerprint density at radius 3 is 2.60 bits per heavy atom. The topological polar surface area (TPSA) is 38.0 Å². The van der Waals surface area contributed by atoms with Gasteiger partial charge in [-0.3, -0.25) is 0 Å². The largest absolute Gasteiger partial charge is 0.389 e. The van der Waals surface area contributed by atoms with Crippen LogP contribution in [0.3, 0.4) is 0 Å². The first-order valence-corrected chi connectivity index (χ1v) is 9.00. The number of rotatable bonds is 9. The van der Waals surface area contributed by atoms with E-state index in [1.54, 1.807) is 11.8 Å². The van der Waals surface area contributed by atoms with Crippen LogP contribution in [-0.2, 0) is 0 Å². The molecule has 0 saturated carbocycles. The minimum absolute atomic E-state index is 0.475. The van der Waals surface area contributed by atoms with Crippen molar-refractivity contribution in [1.82, 2.24) is 0 Å². The number of hydrogen-bond donors (Lipinski definition) is 2. The summed E-state index contributed by atoms with van der Waals surface area (Å²) in [6.45, 7) is 4.46. The van der Waals surface area contributed by atoms with Crippen LogP contribution in [0.15, 0.2) is 23.1 Å². The summed E-state index contributed by atoms with van der Waals surface area (Å²) >= 11 is 6.92. The maximum atomic E-state index is 5.92. The zero-order valence-corrected chi connectivity index (χ0v) is 14.4. The molecular weight excluding hydrogens is 284 g/mol. The lowest BCUT2D eigenvalue weighted by Gasteiger charge is -2.22. The highest BCUT2D eigenvalue weighted by molar-refractivity contribution is 7.98. The summed E-state index contributed by atoms with van der Waals surface area (Å²) in [7, 11) is 0. The molecule has 20 heavy (non-hydrogen) atoms. The van der Waals surface area contributed by atoms with Gasteiger partial charge in [-0.1, -0.05) is 51.4 Å². The Bertz CT molecular complexity index is 432. The maximum Gasteiger partial charge on any atom is 0.107 e. The molecule has 4 heteroatoms. The number of anilines is 1. The zero-order chi connectivity index (χ0) is 15.0. The summed E-state index contributed by atoms with van der Waals surface area (Å²) < 4.78 is 0. The van der Waals surface area contributed by atoms with Gasteiger partial charge in [-0.15, -0.1) is 11.8 Å². The summed E-state index contributed by atoms with van der Waals surface area (Å²) in [5.74, 6) is 0. The van der Waals surface area contributed by atoms with Crippen LogP contribution < -0.4 is 11.1 Å². The van der Waals surface area contributed by atoms with Crippen molar-refractivity contribution >= 4 is 34.7 Å². The molecule has 0 bridgehead atoms. The molecule has 0 amide bonds. The minimum Gasteiger partial charge on any atom is -0.389 e. The van der Waals surface area contributed by atoms with E-state index >= 15 is 0 Å². The second-order valence-corrected chi connectivity index (χ2v) is 6.31. The van der Waals surface area contributed by atoms with Crippen LogP contribution in [0.25, 0.3) is 0 Å². The van der Waals surface area contributed by atoms with Crippen LogP contribution >= 0.6 is 24.0 Å². The highest BCUT2D eigenvalue weighted by Crippen LogP contribution is 2.28. The van der Waals surface area contributed by atoms with Gasteiger partial charge in [0.2, 0.25) is 0 Å². The number of thiocarbonyl (C=S) groups is 1. The third-order valence-corrected chi connectivity index (χ3v) is 4.38. The highest BCUT2D eigenvalue weighted by atomic mass is 32.2. The average Bonchev–Trinajstić information content (AvgIpc) is 2.44. The Hall–Kier alpha value is -0.740. The van der Waals surface area contributed by atoms with Crippen molar-refractivity contribution < 1.29 is 0 Å². The van der Waals surface area contributed by atoms with E-state index in [1.165, 1.54) is 32.1 Å². The molecule has 112 valence electrons. The number of hydrogen-bond acceptors (Lipinski definition) is 3. The van der Waals surface area contributed by atoms with Gasteiger partial charge in [0.25, 0.3) is 0 Å². The van der Waals surface area contributed by atoms with E-state index in [0.29, 0.717) is 11.0 Å². The fraction of sp³-hybridized carbons (Fsp3) is 0.562. The lowest BCUT2D eigenvalue weighted by molar-refractivity contribution is 0.564. The molecule has 0 radical (unpaired) electrons. The maximum absolute atomic E-state index is 5.92. The molecule has 1 aromatic carbocycles. The van der Waals surface area contributed by atoms with Crippen LogP contribution in [0, 0.1) is 0 Å². The Kier molecular flexibility index (Phi) is 8.00. The van der Waals surface area contributed by atoms with Crippen molar-refractivity contribution in [2.75, 3.05) is 11.6 Å². The van der Waals surface area contributed by atoms with E-state index in [0.717, 1.165) is 16.1 Å². The molecule has 1 aromatic rings. The van der Waals surface area contributed by atoms with E-state index in [-0.39, 0.29) is 0 Å². The molecule has 0 saturated heterocycles. The van der Waals surface area contributed by atoms with Crippen molar-refractivity contribution in [3.63, 3.8) is 0 Å². The average molecular weight is 311 g/mol. The predicted octanol–water partition coefficient (Wildman–Crippen LogP) is 4.81. The third kappa shape index (κ3) is 4.98. The Labute approximate surface area is 132 Å². The smallest absolute Gasteiger partial charge is 0.107 e. The molecule has 0 aliphatic rings. The molecule has 2 nitrogen and oxygen atoms in total. The second kappa shape index (κ2) is 9.24. The van der Waals surface area contributed by atoms with Gasteiger partial charge in [0.05, 0.1) is 0 Å². The Balaban J connectivity index is 2.96. The standard InChI is InChI=1S/C16H26N2S2/c1-4-6-9-12(8-5-2)18-13-10-7-11-14(20-3)15(13)16(17)19/h7,10-12,18H,4-6,8-9H2,1-3H3,(H2,17,19). The van der Waals surface area contributed by atoms with Crippen LogP contribution in [-0.4, -0.2) is 17.3 Å². The molecule has 0 aliphatic heterocycles. The summed E-state index contributed by atoms with van der Waals surface area (Å²) in [5, 5.41) is 3.66. The highest BCUT2D eigenvalue weighted by Gasteiger charge is 2.14. The number of thioether (sulfide) groups is 1. The lowest BCUT2D eigenvalue weighted by Crippen LogP contribution is -2.22. The fourth-order valence-corrected chi connectivity index (χ4v) is 3.31. The summed E-state index contributed by atoms with van der Waals surface area (Å²) in [4.78, 5) is 1.62. The summed E-state index contributed by atoms with van der Waals surface area (Å²) in [5.41, 5.74) is 7.99. The van der Waals surface area contributed by atoms with Gasteiger partial charge >= 0.3 is 0 Å². The molecule has 0 aliphatic carbocycles. The molecule has 0 fully saturated rings. The molecule has 3 N–H and O–H groups in total. The van der Waals surface area contributed by atoms with Crippen LogP contribution in [0.1, 0.15) is 51.5 Å². The molecule has 0 aromatic heterocycles. The number of nitrogens with one attached hydrogen (secondary N) is 1. The Morgan fingerprint density at radius 1 is 1.30 bits per heavy atom. The van der Waals surface area contributed by atoms with E-state index in [2.05, 4.69) is 43.6 Å². The van der Waals surface area contributed by atoms with Gasteiger partial charge in [-0.2, -0.15) is 0 Å². The van der Waals surface area contributed by atoms with Gasteiger partial charge in [-0.25, -0.2) is 0 Å². The van der Waals surface area contributed by atoms with Crippen molar-refractivity contribution in [2.45, 2.75) is 56.9 Å². The monoisotopic (exact) mass is 310 g/mol. The molecule has 1 rings (SSSR count). The zero-order valence-electron chi connectivity index (χ0n) is 12.7. The predicted molar refractivity (Wildman–Crippen MR) is 96.0 cm³/mol. The van der Waals surface area contributed by atoms with E-state index in [9.17, 15) is 0 Å². The first-order chi connectivity index (χ1) is 9.63. The summed E-state index contributed by atoms with van der Waals surface area (Å²) in [6, 6.07) is 6.73. The van der Waals surface area contributed by atoms with Crippen LogP contribution in [0.2, 0.25) is 0 Å². The third-order valence-electron chi connectivity index (χ3n) is 3.40. The quantitative estimate of drug-likeness (QED) is 0.507.